The summed E-state index contributed by atoms with van der Waals surface area (Å²) in [6, 6.07) is 8.96. The Morgan fingerprint density at radius 3 is 2.08 bits per heavy atom. The fourth-order valence-electron chi connectivity index (χ4n) is 6.70. The summed E-state index contributed by atoms with van der Waals surface area (Å²) in [4.78, 5) is 35.4. The van der Waals surface area contributed by atoms with E-state index in [1.807, 2.05) is 26.0 Å². The first kappa shape index (κ1) is 39.8. The van der Waals surface area contributed by atoms with Crippen LogP contribution in [0.2, 0.25) is 0 Å². The molecular formula is C37H37F6N5O3S2. The number of hydrogen-bond donors (Lipinski definition) is 1. The van der Waals surface area contributed by atoms with Crippen LogP contribution in [0.15, 0.2) is 29.3 Å². The number of Topliss-reactive ketones (excluding diaryl/α,β-unsaturated/α-hetero) is 1. The molecule has 0 fully saturated rings. The number of carbonyl (C=O) groups is 2. The topological polar surface area (TPSA) is 122 Å². The van der Waals surface area contributed by atoms with E-state index in [1.165, 1.54) is 0 Å². The number of fused-ring (bicyclic) bond motifs is 3. The van der Waals surface area contributed by atoms with Crippen molar-refractivity contribution < 1.29 is 40.7 Å². The molecule has 0 unspecified atom stereocenters. The van der Waals surface area contributed by atoms with Crippen molar-refractivity contribution in [3.05, 3.63) is 73.9 Å². The van der Waals surface area contributed by atoms with E-state index in [-0.39, 0.29) is 67.2 Å². The number of ketones is 1. The zero-order chi connectivity index (χ0) is 38.7. The van der Waals surface area contributed by atoms with Crippen molar-refractivity contribution in [3.8, 4) is 11.8 Å². The van der Waals surface area contributed by atoms with E-state index in [2.05, 4.69) is 9.97 Å². The van der Waals surface area contributed by atoms with Crippen molar-refractivity contribution in [3.63, 3.8) is 0 Å². The number of nitriles is 1. The Kier molecular flexibility index (Phi) is 12.3. The van der Waals surface area contributed by atoms with E-state index in [0.717, 1.165) is 28.7 Å². The summed E-state index contributed by atoms with van der Waals surface area (Å²) in [5.41, 5.74) is 6.12. The molecule has 0 aliphatic heterocycles. The quantitative estimate of drug-likeness (QED) is 0.0966. The molecule has 53 heavy (non-hydrogen) atoms. The lowest BCUT2D eigenvalue weighted by molar-refractivity contribution is -0.139. The van der Waals surface area contributed by atoms with Gasteiger partial charge in [-0.05, 0) is 87.6 Å². The van der Waals surface area contributed by atoms with Gasteiger partial charge in [0.25, 0.3) is 0 Å². The number of ether oxygens (including phenoxy) is 1. The number of pyridine rings is 2. The molecule has 3 heterocycles. The Balaban J connectivity index is 0.000000209. The van der Waals surface area contributed by atoms with Gasteiger partial charge in [0.2, 0.25) is 5.91 Å². The second-order valence-corrected chi connectivity index (χ2v) is 14.4. The van der Waals surface area contributed by atoms with Crippen LogP contribution in [0.4, 0.5) is 32.0 Å². The lowest BCUT2D eigenvalue weighted by Crippen LogP contribution is -2.32. The van der Waals surface area contributed by atoms with Gasteiger partial charge in [-0.2, -0.15) is 31.6 Å². The summed E-state index contributed by atoms with van der Waals surface area (Å²) in [7, 11) is 1.57. The molecule has 0 spiro atoms. The maximum absolute atomic E-state index is 13.8. The smallest absolute Gasteiger partial charge is 0.418 e. The number of alkyl halides is 6. The van der Waals surface area contributed by atoms with E-state index in [9.17, 15) is 41.2 Å². The Bertz CT molecular complexity index is 2050. The van der Waals surface area contributed by atoms with E-state index >= 15 is 0 Å². The van der Waals surface area contributed by atoms with Gasteiger partial charge in [0.05, 0.1) is 40.1 Å². The molecule has 0 radical (unpaired) electrons. The highest BCUT2D eigenvalue weighted by Gasteiger charge is 2.41. The molecule has 16 heteroatoms. The highest BCUT2D eigenvalue weighted by Crippen LogP contribution is 2.46. The molecule has 6 rings (SSSR count). The van der Waals surface area contributed by atoms with Crippen molar-refractivity contribution in [1.82, 2.24) is 14.9 Å². The number of halogens is 6. The van der Waals surface area contributed by atoms with Crippen LogP contribution in [0, 0.1) is 11.3 Å². The van der Waals surface area contributed by atoms with Crippen molar-refractivity contribution in [2.45, 2.75) is 82.6 Å². The Morgan fingerprint density at radius 2 is 1.53 bits per heavy atom. The first-order valence-corrected chi connectivity index (χ1v) is 18.8. The number of benzene rings is 1. The van der Waals surface area contributed by atoms with Gasteiger partial charge in [0.1, 0.15) is 21.7 Å². The molecular weight excluding hydrogens is 741 g/mol. The summed E-state index contributed by atoms with van der Waals surface area (Å²) < 4.78 is 86.9. The third kappa shape index (κ3) is 8.56. The molecule has 0 saturated carbocycles. The fraction of sp³-hybridized carbons (Fsp3) is 0.432. The summed E-state index contributed by atoms with van der Waals surface area (Å²) in [5, 5.41) is 9.15. The van der Waals surface area contributed by atoms with Crippen molar-refractivity contribution in [2.24, 2.45) is 0 Å². The molecule has 2 N–H and O–H groups in total. The molecule has 1 aromatic carbocycles. The zero-order valence-electron chi connectivity index (χ0n) is 29.3. The number of nitrogens with zero attached hydrogens (tertiary/aromatic N) is 4. The predicted molar refractivity (Wildman–Crippen MR) is 191 cm³/mol. The van der Waals surface area contributed by atoms with E-state index in [1.54, 1.807) is 30.2 Å². The predicted octanol–water partition coefficient (Wildman–Crippen LogP) is 8.63. The standard InChI is InChI=1S/C21H19F3N2O2S.C16H18F3N3OS/c1-28-12-8-5-11(6-9-12)7-10-15(27)19-18(25)16-17(21(22,23)24)13-3-2-4-14(13)26-20(16)29-19;1-3-22(4-2)13(23)9-24-15-11(8-20)14(16(17,18)19)10-6-5-7-12(10)21-15/h5-6,8-9H,2-4,7,10,25H2,1H3;3-7,9H2,1-2H3. The number of rotatable bonds is 10. The third-order valence-corrected chi connectivity index (χ3v) is 11.4. The molecule has 3 aromatic heterocycles. The minimum Gasteiger partial charge on any atom is -0.497 e. The van der Waals surface area contributed by atoms with Crippen LogP contribution in [0.25, 0.3) is 10.2 Å². The van der Waals surface area contributed by atoms with E-state index < -0.39 is 29.0 Å². The molecule has 1 amide bonds. The Morgan fingerprint density at radius 1 is 0.943 bits per heavy atom. The number of nitrogens with two attached hydrogens (primary N) is 1. The third-order valence-electron chi connectivity index (χ3n) is 9.27. The van der Waals surface area contributed by atoms with Crippen LogP contribution >= 0.6 is 23.1 Å². The number of anilines is 1. The summed E-state index contributed by atoms with van der Waals surface area (Å²) in [6.07, 6.45) is -5.64. The number of nitrogen functional groups attached to an aromatic ring is 1. The number of methoxy groups -OCH3 is 1. The molecule has 2 aliphatic rings. The molecule has 0 atom stereocenters. The van der Waals surface area contributed by atoms with Crippen molar-refractivity contribution in [2.75, 3.05) is 31.7 Å². The van der Waals surface area contributed by atoms with Gasteiger partial charge < -0.3 is 15.4 Å². The molecule has 0 saturated heterocycles. The largest absolute Gasteiger partial charge is 0.497 e. The van der Waals surface area contributed by atoms with Gasteiger partial charge in [-0.25, -0.2) is 9.97 Å². The van der Waals surface area contributed by atoms with E-state index in [4.69, 9.17) is 10.5 Å². The number of thiophene rings is 1. The Hall–Kier alpha value is -4.36. The van der Waals surface area contributed by atoms with Crippen LogP contribution in [0.1, 0.15) is 87.6 Å². The molecule has 282 valence electrons. The summed E-state index contributed by atoms with van der Waals surface area (Å²) in [5.74, 6) is 0.242. The van der Waals surface area contributed by atoms with Gasteiger partial charge in [0.15, 0.2) is 5.78 Å². The van der Waals surface area contributed by atoms with Gasteiger partial charge in [-0.1, -0.05) is 23.9 Å². The second kappa shape index (κ2) is 16.3. The van der Waals surface area contributed by atoms with Crippen LogP contribution in [0.3, 0.4) is 0 Å². The molecule has 2 aliphatic carbocycles. The van der Waals surface area contributed by atoms with E-state index in [0.29, 0.717) is 68.8 Å². The molecule has 8 nitrogen and oxygen atoms in total. The monoisotopic (exact) mass is 777 g/mol. The molecule has 4 aromatic rings. The number of aryl methyl sites for hydroxylation is 3. The summed E-state index contributed by atoms with van der Waals surface area (Å²) >= 11 is 1.87. The van der Waals surface area contributed by atoms with Crippen LogP contribution in [-0.4, -0.2) is 52.5 Å². The lowest BCUT2D eigenvalue weighted by atomic mass is 10.0. The summed E-state index contributed by atoms with van der Waals surface area (Å²) in [6.45, 7) is 4.74. The van der Waals surface area contributed by atoms with Crippen LogP contribution in [-0.2, 0) is 49.3 Å². The first-order chi connectivity index (χ1) is 25.1. The highest BCUT2D eigenvalue weighted by molar-refractivity contribution is 8.00. The van der Waals surface area contributed by atoms with Gasteiger partial charge >= 0.3 is 12.4 Å². The van der Waals surface area contributed by atoms with Crippen molar-refractivity contribution in [1.29, 1.82) is 5.26 Å². The zero-order valence-corrected chi connectivity index (χ0v) is 30.9. The number of amides is 1. The van der Waals surface area contributed by atoms with Gasteiger partial charge in [0, 0.05) is 36.3 Å². The number of thioether (sulfide) groups is 1. The van der Waals surface area contributed by atoms with Crippen LogP contribution < -0.4 is 10.5 Å². The SMILES string of the molecule is CCN(CC)C(=O)CSc1nc2c(c(C(F)(F)F)c1C#N)CCC2.COc1ccc(CCC(=O)c2sc3nc4c(c(C(F)(F)F)c3c2N)CCC4)cc1. The number of hydrogen-bond acceptors (Lipinski definition) is 9. The fourth-order valence-corrected chi connectivity index (χ4v) is 8.71. The maximum Gasteiger partial charge on any atom is 0.418 e. The average Bonchev–Trinajstić information content (AvgIpc) is 3.86. The van der Waals surface area contributed by atoms with Crippen molar-refractivity contribution >= 4 is 50.7 Å². The lowest BCUT2D eigenvalue weighted by Gasteiger charge is -2.19. The Labute approximate surface area is 310 Å². The normalized spacial score (nSPS) is 13.6. The minimum atomic E-state index is -4.60. The number of aromatic nitrogens is 2. The second-order valence-electron chi connectivity index (χ2n) is 12.5. The maximum atomic E-state index is 13.8. The minimum absolute atomic E-state index is 0.00554. The van der Waals surface area contributed by atoms with Gasteiger partial charge in [-0.3, -0.25) is 9.59 Å². The van der Waals surface area contributed by atoms with Crippen LogP contribution in [0.5, 0.6) is 5.75 Å². The molecule has 0 bridgehead atoms. The highest BCUT2D eigenvalue weighted by atomic mass is 32.2. The number of carbonyl (C=O) groups excluding carboxylic acids is 2. The first-order valence-electron chi connectivity index (χ1n) is 17.0. The average molecular weight is 778 g/mol. The van der Waals surface area contributed by atoms with Gasteiger partial charge in [-0.15, -0.1) is 11.3 Å².